The summed E-state index contributed by atoms with van der Waals surface area (Å²) in [5.74, 6) is -0.456. The molecular formula is C24H23N3O2. The summed E-state index contributed by atoms with van der Waals surface area (Å²) in [4.78, 5) is 31.8. The zero-order valence-electron chi connectivity index (χ0n) is 16.8. The van der Waals surface area contributed by atoms with E-state index < -0.39 is 0 Å². The summed E-state index contributed by atoms with van der Waals surface area (Å²) in [6.07, 6.45) is 2.34. The molecule has 5 nitrogen and oxygen atoms in total. The number of pyridine rings is 1. The quantitative estimate of drug-likeness (QED) is 0.720. The number of aryl methyl sites for hydroxylation is 2. The minimum atomic E-state index is -0.335. The Labute approximate surface area is 170 Å². The van der Waals surface area contributed by atoms with Gasteiger partial charge in [-0.2, -0.15) is 0 Å². The summed E-state index contributed by atoms with van der Waals surface area (Å²) in [5, 5.41) is 2.86. The number of hydrogen-bond acceptors (Lipinski definition) is 3. The first kappa shape index (κ1) is 18.9. The largest absolute Gasteiger partial charge is 0.321 e. The van der Waals surface area contributed by atoms with Crippen molar-refractivity contribution in [3.05, 3.63) is 88.7 Å². The third kappa shape index (κ3) is 3.63. The summed E-state index contributed by atoms with van der Waals surface area (Å²) >= 11 is 0. The first-order valence-corrected chi connectivity index (χ1v) is 9.70. The Hall–Kier alpha value is -3.47. The summed E-state index contributed by atoms with van der Waals surface area (Å²) in [7, 11) is 0. The lowest BCUT2D eigenvalue weighted by Gasteiger charge is -2.23. The van der Waals surface area contributed by atoms with Crippen LogP contribution in [0, 0.1) is 13.8 Å². The molecule has 0 saturated heterocycles. The molecule has 0 aliphatic carbocycles. The molecule has 1 aliphatic heterocycles. The maximum Gasteiger partial charge on any atom is 0.274 e. The second-order valence-electron chi connectivity index (χ2n) is 7.54. The number of fused-ring (bicyclic) bond motifs is 1. The molecule has 29 heavy (non-hydrogen) atoms. The van der Waals surface area contributed by atoms with Crippen LogP contribution in [-0.4, -0.2) is 22.8 Å². The van der Waals surface area contributed by atoms with Gasteiger partial charge in [0.05, 0.1) is 0 Å². The van der Waals surface area contributed by atoms with Crippen molar-refractivity contribution in [1.82, 2.24) is 4.98 Å². The van der Waals surface area contributed by atoms with Gasteiger partial charge in [0, 0.05) is 29.2 Å². The summed E-state index contributed by atoms with van der Waals surface area (Å²) < 4.78 is 0. The molecule has 0 spiro atoms. The van der Waals surface area contributed by atoms with Crippen molar-refractivity contribution < 1.29 is 9.59 Å². The third-order valence-electron chi connectivity index (χ3n) is 5.43. The van der Waals surface area contributed by atoms with Crippen molar-refractivity contribution in [3.63, 3.8) is 0 Å². The number of anilines is 2. The van der Waals surface area contributed by atoms with Crippen molar-refractivity contribution in [2.45, 2.75) is 33.2 Å². The van der Waals surface area contributed by atoms with Crippen LogP contribution >= 0.6 is 0 Å². The number of para-hydroxylation sites is 1. The highest BCUT2D eigenvalue weighted by atomic mass is 16.2. The van der Waals surface area contributed by atoms with Crippen LogP contribution in [0.2, 0.25) is 0 Å². The minimum absolute atomic E-state index is 0.0703. The van der Waals surface area contributed by atoms with Crippen LogP contribution in [0.3, 0.4) is 0 Å². The van der Waals surface area contributed by atoms with Gasteiger partial charge in [-0.3, -0.25) is 14.6 Å². The predicted molar refractivity (Wildman–Crippen MR) is 115 cm³/mol. The van der Waals surface area contributed by atoms with E-state index in [4.69, 9.17) is 0 Å². The number of nitrogens with zero attached hydrogens (tertiary/aromatic N) is 2. The minimum Gasteiger partial charge on any atom is -0.321 e. The summed E-state index contributed by atoms with van der Waals surface area (Å²) in [6.45, 7) is 6.05. The Kier molecular flexibility index (Phi) is 4.89. The lowest BCUT2D eigenvalue weighted by molar-refractivity contribution is 0.0981. The molecule has 1 atom stereocenters. The van der Waals surface area contributed by atoms with E-state index in [1.165, 1.54) is 6.20 Å². The number of benzene rings is 2. The molecule has 3 aromatic rings. The van der Waals surface area contributed by atoms with Crippen LogP contribution in [0.25, 0.3) is 0 Å². The average Bonchev–Trinajstić information content (AvgIpc) is 3.06. The van der Waals surface area contributed by atoms with Crippen LogP contribution in [0.4, 0.5) is 11.4 Å². The van der Waals surface area contributed by atoms with Crippen LogP contribution in [0.1, 0.15) is 44.5 Å². The molecule has 1 unspecified atom stereocenters. The molecule has 2 heterocycles. The second kappa shape index (κ2) is 7.51. The predicted octanol–water partition coefficient (Wildman–Crippen LogP) is 4.54. The number of amides is 2. The van der Waals surface area contributed by atoms with E-state index in [2.05, 4.69) is 10.3 Å². The van der Waals surface area contributed by atoms with Gasteiger partial charge < -0.3 is 10.2 Å². The monoisotopic (exact) mass is 385 g/mol. The topological polar surface area (TPSA) is 62.3 Å². The number of hydrogen-bond donors (Lipinski definition) is 1. The fourth-order valence-electron chi connectivity index (χ4n) is 3.72. The van der Waals surface area contributed by atoms with E-state index in [0.29, 0.717) is 11.3 Å². The van der Waals surface area contributed by atoms with Gasteiger partial charge in [0.25, 0.3) is 11.8 Å². The van der Waals surface area contributed by atoms with E-state index in [1.54, 1.807) is 17.0 Å². The van der Waals surface area contributed by atoms with E-state index in [-0.39, 0.29) is 23.6 Å². The second-order valence-corrected chi connectivity index (χ2v) is 7.54. The molecule has 2 aromatic carbocycles. The Morgan fingerprint density at radius 1 is 1.03 bits per heavy atom. The van der Waals surface area contributed by atoms with Gasteiger partial charge in [0.15, 0.2) is 0 Å². The first-order valence-electron chi connectivity index (χ1n) is 9.70. The van der Waals surface area contributed by atoms with Crippen LogP contribution in [-0.2, 0) is 6.42 Å². The van der Waals surface area contributed by atoms with Gasteiger partial charge >= 0.3 is 0 Å². The van der Waals surface area contributed by atoms with Crippen molar-refractivity contribution in [2.75, 3.05) is 10.2 Å². The molecule has 1 aromatic heterocycles. The van der Waals surface area contributed by atoms with E-state index in [0.717, 1.165) is 28.8 Å². The maximum atomic E-state index is 13.2. The van der Waals surface area contributed by atoms with Crippen LogP contribution in [0.15, 0.2) is 60.8 Å². The van der Waals surface area contributed by atoms with Gasteiger partial charge in [-0.05, 0) is 74.2 Å². The molecule has 2 amide bonds. The summed E-state index contributed by atoms with van der Waals surface area (Å²) in [5.41, 5.74) is 5.73. The van der Waals surface area contributed by atoms with Crippen molar-refractivity contribution in [1.29, 1.82) is 0 Å². The fraction of sp³-hybridized carbons (Fsp3) is 0.208. The highest BCUT2D eigenvalue weighted by Gasteiger charge is 2.31. The molecule has 0 bridgehead atoms. The number of aromatic nitrogens is 1. The Morgan fingerprint density at radius 2 is 1.83 bits per heavy atom. The molecule has 146 valence electrons. The highest BCUT2D eigenvalue weighted by Crippen LogP contribution is 2.33. The molecule has 1 N–H and O–H groups in total. The molecule has 0 saturated carbocycles. The summed E-state index contributed by atoms with van der Waals surface area (Å²) in [6, 6.07) is 17.0. The number of rotatable bonds is 3. The van der Waals surface area contributed by atoms with Gasteiger partial charge in [-0.15, -0.1) is 0 Å². The fourth-order valence-corrected chi connectivity index (χ4v) is 3.72. The Morgan fingerprint density at radius 3 is 2.62 bits per heavy atom. The zero-order chi connectivity index (χ0) is 20.5. The van der Waals surface area contributed by atoms with Gasteiger partial charge in [0.2, 0.25) is 0 Å². The zero-order valence-corrected chi connectivity index (χ0v) is 16.8. The van der Waals surface area contributed by atoms with E-state index in [1.807, 2.05) is 63.2 Å². The SMILES string of the molecule is Cc1ccc(NC(=O)c2cc(C(=O)N3c4ccccc4CC3C)ccn2)cc1C. The lowest BCUT2D eigenvalue weighted by atomic mass is 10.1. The highest BCUT2D eigenvalue weighted by molar-refractivity contribution is 6.10. The lowest BCUT2D eigenvalue weighted by Crippen LogP contribution is -2.35. The van der Waals surface area contributed by atoms with Crippen molar-refractivity contribution in [2.24, 2.45) is 0 Å². The Balaban J connectivity index is 1.58. The molecule has 0 radical (unpaired) electrons. The first-order chi connectivity index (χ1) is 13.9. The average molecular weight is 385 g/mol. The van der Waals surface area contributed by atoms with Gasteiger partial charge in [0.1, 0.15) is 5.69 Å². The molecule has 1 aliphatic rings. The van der Waals surface area contributed by atoms with Gasteiger partial charge in [-0.1, -0.05) is 24.3 Å². The normalized spacial score (nSPS) is 15.1. The third-order valence-corrected chi connectivity index (χ3v) is 5.43. The smallest absolute Gasteiger partial charge is 0.274 e. The number of nitrogens with one attached hydrogen (secondary N) is 1. The van der Waals surface area contributed by atoms with Gasteiger partial charge in [-0.25, -0.2) is 0 Å². The van der Waals surface area contributed by atoms with Crippen molar-refractivity contribution in [3.8, 4) is 0 Å². The van der Waals surface area contributed by atoms with Crippen molar-refractivity contribution >= 4 is 23.2 Å². The maximum absolute atomic E-state index is 13.2. The van der Waals surface area contributed by atoms with E-state index >= 15 is 0 Å². The molecule has 5 heteroatoms. The molecular weight excluding hydrogens is 362 g/mol. The van der Waals surface area contributed by atoms with Crippen LogP contribution in [0.5, 0.6) is 0 Å². The number of carbonyl (C=O) groups is 2. The standard InChI is InChI=1S/C24H23N3O2/c1-15-8-9-20(12-16(15)2)26-23(28)21-14-19(10-11-25-21)24(29)27-17(3)13-18-6-4-5-7-22(18)27/h4-12,14,17H,13H2,1-3H3,(H,26,28). The number of carbonyl (C=O) groups excluding carboxylic acids is 2. The Bertz CT molecular complexity index is 1110. The molecule has 0 fully saturated rings. The molecule has 4 rings (SSSR count). The van der Waals surface area contributed by atoms with Crippen LogP contribution < -0.4 is 10.2 Å². The van der Waals surface area contributed by atoms with E-state index in [9.17, 15) is 9.59 Å².